The summed E-state index contributed by atoms with van der Waals surface area (Å²) in [7, 11) is 0. The number of ether oxygens (including phenoxy) is 2. The molecular weight excluding hydrogens is 196 g/mol. The topological polar surface area (TPSA) is 52.6 Å². The molecule has 0 N–H and O–H groups in total. The van der Waals surface area contributed by atoms with E-state index in [1.807, 2.05) is 20.8 Å². The fourth-order valence-electron chi connectivity index (χ4n) is 1.44. The van der Waals surface area contributed by atoms with Gasteiger partial charge in [0.15, 0.2) is 0 Å². The van der Waals surface area contributed by atoms with Gasteiger partial charge in [-0.3, -0.25) is 9.59 Å². The van der Waals surface area contributed by atoms with Gasteiger partial charge < -0.3 is 9.47 Å². The third-order valence-corrected chi connectivity index (χ3v) is 2.17. The Morgan fingerprint density at radius 2 is 2.07 bits per heavy atom. The van der Waals surface area contributed by atoms with Crippen LogP contribution in [-0.2, 0) is 19.1 Å². The van der Waals surface area contributed by atoms with Crippen LogP contribution in [0.15, 0.2) is 0 Å². The number of esters is 2. The molecule has 1 fully saturated rings. The maximum atomic E-state index is 11.7. The molecule has 0 aromatic rings. The zero-order valence-corrected chi connectivity index (χ0v) is 9.54. The summed E-state index contributed by atoms with van der Waals surface area (Å²) >= 11 is 0. The van der Waals surface area contributed by atoms with Crippen LogP contribution in [0.3, 0.4) is 0 Å². The lowest BCUT2D eigenvalue weighted by Gasteiger charge is -2.22. The van der Waals surface area contributed by atoms with Crippen LogP contribution >= 0.6 is 0 Å². The van der Waals surface area contributed by atoms with Gasteiger partial charge in [-0.2, -0.15) is 0 Å². The molecule has 1 aliphatic rings. The van der Waals surface area contributed by atoms with Gasteiger partial charge in [0.25, 0.3) is 0 Å². The van der Waals surface area contributed by atoms with E-state index in [4.69, 9.17) is 9.47 Å². The van der Waals surface area contributed by atoms with Gasteiger partial charge >= 0.3 is 11.9 Å². The first kappa shape index (κ1) is 12.0. The minimum atomic E-state index is -0.464. The van der Waals surface area contributed by atoms with Crippen LogP contribution in [0.4, 0.5) is 0 Å². The molecule has 0 aromatic carbocycles. The Morgan fingerprint density at radius 3 is 2.67 bits per heavy atom. The van der Waals surface area contributed by atoms with E-state index >= 15 is 0 Å². The van der Waals surface area contributed by atoms with Gasteiger partial charge in [0.05, 0.1) is 12.5 Å². The predicted molar refractivity (Wildman–Crippen MR) is 54.1 cm³/mol. The number of cyclic esters (lactones) is 1. The Balaban J connectivity index is 2.49. The van der Waals surface area contributed by atoms with Crippen molar-refractivity contribution in [3.63, 3.8) is 0 Å². The minimum Gasteiger partial charge on any atom is -0.466 e. The highest BCUT2D eigenvalue weighted by Gasteiger charge is 2.27. The van der Waals surface area contributed by atoms with Gasteiger partial charge in [-0.05, 0) is 33.6 Å². The van der Waals surface area contributed by atoms with E-state index in [0.29, 0.717) is 25.9 Å². The van der Waals surface area contributed by atoms with Crippen LogP contribution in [0, 0.1) is 5.92 Å². The summed E-state index contributed by atoms with van der Waals surface area (Å²) in [5, 5.41) is 0. The van der Waals surface area contributed by atoms with Crippen molar-refractivity contribution in [2.45, 2.75) is 45.6 Å². The van der Waals surface area contributed by atoms with Crippen LogP contribution in [0.25, 0.3) is 0 Å². The average molecular weight is 214 g/mol. The predicted octanol–water partition coefficient (Wildman–Crippen LogP) is 1.67. The molecule has 1 heterocycles. The lowest BCUT2D eigenvalue weighted by molar-refractivity contribution is -0.160. The molecule has 1 unspecified atom stereocenters. The van der Waals surface area contributed by atoms with E-state index in [1.165, 1.54) is 0 Å². The summed E-state index contributed by atoms with van der Waals surface area (Å²) < 4.78 is 10.1. The summed E-state index contributed by atoms with van der Waals surface area (Å²) in [6.07, 6.45) is 1.41. The van der Waals surface area contributed by atoms with Crippen molar-refractivity contribution in [1.82, 2.24) is 0 Å². The number of hydrogen-bond donors (Lipinski definition) is 0. The van der Waals surface area contributed by atoms with Crippen molar-refractivity contribution in [2.24, 2.45) is 5.92 Å². The molecule has 0 bridgehead atoms. The van der Waals surface area contributed by atoms with Gasteiger partial charge in [0.1, 0.15) is 5.60 Å². The maximum Gasteiger partial charge on any atom is 0.309 e. The van der Waals surface area contributed by atoms with Crippen LogP contribution in [0.5, 0.6) is 0 Å². The molecule has 86 valence electrons. The Hall–Kier alpha value is -1.06. The quantitative estimate of drug-likeness (QED) is 0.623. The zero-order chi connectivity index (χ0) is 11.5. The molecule has 0 aromatic heterocycles. The molecule has 1 aliphatic heterocycles. The van der Waals surface area contributed by atoms with E-state index in [2.05, 4.69) is 0 Å². The fraction of sp³-hybridized carbons (Fsp3) is 0.818. The highest BCUT2D eigenvalue weighted by atomic mass is 16.6. The molecule has 1 rings (SSSR count). The Bertz CT molecular complexity index is 252. The molecule has 0 aliphatic carbocycles. The lowest BCUT2D eigenvalue weighted by atomic mass is 10.0. The molecule has 0 spiro atoms. The van der Waals surface area contributed by atoms with E-state index in [9.17, 15) is 9.59 Å². The van der Waals surface area contributed by atoms with E-state index < -0.39 is 5.60 Å². The van der Waals surface area contributed by atoms with Crippen molar-refractivity contribution in [1.29, 1.82) is 0 Å². The Morgan fingerprint density at radius 1 is 1.40 bits per heavy atom. The minimum absolute atomic E-state index is 0.198. The fourth-order valence-corrected chi connectivity index (χ4v) is 1.44. The van der Waals surface area contributed by atoms with Gasteiger partial charge in [0, 0.05) is 6.42 Å². The monoisotopic (exact) mass is 214 g/mol. The molecule has 0 radical (unpaired) electrons. The van der Waals surface area contributed by atoms with Gasteiger partial charge in [-0.15, -0.1) is 0 Å². The Labute approximate surface area is 89.9 Å². The highest BCUT2D eigenvalue weighted by molar-refractivity contribution is 5.75. The summed E-state index contributed by atoms with van der Waals surface area (Å²) in [5.74, 6) is -0.641. The lowest BCUT2D eigenvalue weighted by Crippen LogP contribution is -2.28. The normalized spacial score (nSPS) is 22.9. The number of hydrogen-bond acceptors (Lipinski definition) is 4. The first-order valence-electron chi connectivity index (χ1n) is 5.27. The van der Waals surface area contributed by atoms with E-state index in [-0.39, 0.29) is 17.9 Å². The van der Waals surface area contributed by atoms with Gasteiger partial charge in [-0.1, -0.05) is 0 Å². The third kappa shape index (κ3) is 4.32. The van der Waals surface area contributed by atoms with E-state index in [1.54, 1.807) is 0 Å². The molecule has 4 nitrogen and oxygen atoms in total. The first-order chi connectivity index (χ1) is 6.88. The number of rotatable bonds is 1. The maximum absolute atomic E-state index is 11.7. The zero-order valence-electron chi connectivity index (χ0n) is 9.54. The molecule has 0 saturated carbocycles. The van der Waals surface area contributed by atoms with Crippen LogP contribution in [-0.4, -0.2) is 24.1 Å². The second-order valence-electron chi connectivity index (χ2n) is 4.78. The van der Waals surface area contributed by atoms with Gasteiger partial charge in [0.2, 0.25) is 0 Å². The Kier molecular flexibility index (Phi) is 3.72. The van der Waals surface area contributed by atoms with Crippen molar-refractivity contribution >= 4 is 11.9 Å². The number of carbonyl (C=O) groups is 2. The standard InChI is InChI=1S/C11H18O4/c1-11(2,3)15-10(13)8-4-5-9(12)14-7-6-8/h8H,4-7H2,1-3H3. The number of carbonyl (C=O) groups excluding carboxylic acids is 2. The van der Waals surface area contributed by atoms with Crippen molar-refractivity contribution in [3.05, 3.63) is 0 Å². The second kappa shape index (κ2) is 4.64. The summed E-state index contributed by atoms with van der Waals surface area (Å²) in [6.45, 7) is 5.83. The van der Waals surface area contributed by atoms with Crippen molar-refractivity contribution in [2.75, 3.05) is 6.61 Å². The van der Waals surface area contributed by atoms with Crippen LogP contribution in [0.1, 0.15) is 40.0 Å². The summed E-state index contributed by atoms with van der Waals surface area (Å²) in [6, 6.07) is 0. The largest absolute Gasteiger partial charge is 0.466 e. The smallest absolute Gasteiger partial charge is 0.309 e. The van der Waals surface area contributed by atoms with E-state index in [0.717, 1.165) is 0 Å². The third-order valence-electron chi connectivity index (χ3n) is 2.17. The van der Waals surface area contributed by atoms with Crippen LogP contribution < -0.4 is 0 Å². The molecular formula is C11H18O4. The molecule has 0 amide bonds. The van der Waals surface area contributed by atoms with Crippen LogP contribution in [0.2, 0.25) is 0 Å². The molecule has 1 atom stereocenters. The summed E-state index contributed by atoms with van der Waals surface area (Å²) in [5.41, 5.74) is -0.464. The second-order valence-corrected chi connectivity index (χ2v) is 4.78. The highest BCUT2D eigenvalue weighted by Crippen LogP contribution is 2.20. The molecule has 4 heteroatoms. The average Bonchev–Trinajstić information content (AvgIpc) is 2.26. The van der Waals surface area contributed by atoms with Crippen molar-refractivity contribution < 1.29 is 19.1 Å². The molecule has 15 heavy (non-hydrogen) atoms. The van der Waals surface area contributed by atoms with Crippen molar-refractivity contribution in [3.8, 4) is 0 Å². The molecule has 1 saturated heterocycles. The van der Waals surface area contributed by atoms with Gasteiger partial charge in [-0.25, -0.2) is 0 Å². The summed E-state index contributed by atoms with van der Waals surface area (Å²) in [4.78, 5) is 22.6. The first-order valence-corrected chi connectivity index (χ1v) is 5.27. The SMILES string of the molecule is CC(C)(C)OC(=O)C1CCOC(=O)CC1.